The molecule has 0 aromatic heterocycles. The summed E-state index contributed by atoms with van der Waals surface area (Å²) >= 11 is 0. The van der Waals surface area contributed by atoms with Gasteiger partial charge in [0.1, 0.15) is 6.10 Å². The highest BCUT2D eigenvalue weighted by Gasteiger charge is 1.95. The lowest BCUT2D eigenvalue weighted by Crippen LogP contribution is -2.15. The zero-order valence-electron chi connectivity index (χ0n) is 11.4. The number of aliphatic hydroxyl groups is 3. The van der Waals surface area contributed by atoms with Gasteiger partial charge < -0.3 is 25.2 Å². The first-order valence-corrected chi connectivity index (χ1v) is 5.16. The second kappa shape index (κ2) is 14.4. The summed E-state index contributed by atoms with van der Waals surface area (Å²) in [6.45, 7) is 8.83. The molecule has 0 unspecified atom stereocenters. The summed E-state index contributed by atoms with van der Waals surface area (Å²) < 4.78 is 4.27. The maximum atomic E-state index is 10.2. The van der Waals surface area contributed by atoms with E-state index >= 15 is 0 Å². The maximum absolute atomic E-state index is 10.2. The number of methoxy groups -OCH3 is 1. The Morgan fingerprint density at radius 1 is 1.11 bits per heavy atom. The van der Waals surface area contributed by atoms with Crippen LogP contribution in [0, 0.1) is 0 Å². The first-order chi connectivity index (χ1) is 8.63. The first-order valence-electron chi connectivity index (χ1n) is 5.16. The summed E-state index contributed by atoms with van der Waals surface area (Å²) in [5, 5.41) is 31.9. The SMILES string of the molecule is C=C(C)C(=O)O.C=C(C)C(=O)OC.OCC(O)CO. The normalized spacial score (nSPS) is 8.37. The van der Waals surface area contributed by atoms with Crippen molar-refractivity contribution >= 4 is 11.9 Å². The standard InChI is InChI=1S/C5H8O2.C4H6O2.C3H8O3/c1-4(2)5(6)7-3;1-3(2)4(5)6;4-1-3(6)2-5/h1H2,2-3H3;1H2,2H3,(H,5,6);3-6H,1-2H2. The highest BCUT2D eigenvalue weighted by atomic mass is 16.5. The minimum absolute atomic E-state index is 0.176. The highest BCUT2D eigenvalue weighted by molar-refractivity contribution is 5.86. The molecule has 19 heavy (non-hydrogen) atoms. The van der Waals surface area contributed by atoms with Crippen LogP contribution in [0.25, 0.3) is 0 Å². The van der Waals surface area contributed by atoms with Crippen LogP contribution in [0.15, 0.2) is 24.3 Å². The van der Waals surface area contributed by atoms with E-state index in [0.29, 0.717) is 5.57 Å². The number of hydrogen-bond acceptors (Lipinski definition) is 6. The summed E-state index contributed by atoms with van der Waals surface area (Å²) in [6.07, 6.45) is -0.954. The van der Waals surface area contributed by atoms with E-state index in [0.717, 1.165) is 0 Å². The van der Waals surface area contributed by atoms with Gasteiger partial charge in [0, 0.05) is 11.1 Å². The molecule has 0 saturated carbocycles. The molecule has 0 bridgehead atoms. The number of aliphatic carboxylic acids is 1. The molecule has 112 valence electrons. The van der Waals surface area contributed by atoms with Gasteiger partial charge in [-0.3, -0.25) is 0 Å². The van der Waals surface area contributed by atoms with E-state index in [2.05, 4.69) is 17.9 Å². The molecule has 0 rings (SSSR count). The van der Waals surface area contributed by atoms with Crippen molar-refractivity contribution in [3.63, 3.8) is 0 Å². The lowest BCUT2D eigenvalue weighted by molar-refractivity contribution is -0.136. The minimum atomic E-state index is -0.954. The van der Waals surface area contributed by atoms with Crippen LogP contribution in [0.4, 0.5) is 0 Å². The number of carboxylic acids is 1. The molecule has 0 spiro atoms. The Morgan fingerprint density at radius 3 is 1.42 bits per heavy atom. The summed E-state index contributed by atoms with van der Waals surface area (Å²) in [4.78, 5) is 19.8. The molecule has 0 aromatic carbocycles. The van der Waals surface area contributed by atoms with Gasteiger partial charge in [0.05, 0.1) is 20.3 Å². The topological polar surface area (TPSA) is 124 Å². The largest absolute Gasteiger partial charge is 0.478 e. The molecule has 4 N–H and O–H groups in total. The van der Waals surface area contributed by atoms with E-state index in [4.69, 9.17) is 20.4 Å². The van der Waals surface area contributed by atoms with Gasteiger partial charge in [0.15, 0.2) is 0 Å². The summed E-state index contributed by atoms with van der Waals surface area (Å²) in [5.41, 5.74) is 0.609. The predicted octanol–water partition coefficient (Wildman–Crippen LogP) is -0.286. The van der Waals surface area contributed by atoms with E-state index in [1.54, 1.807) is 6.92 Å². The van der Waals surface area contributed by atoms with Crippen molar-refractivity contribution in [1.82, 2.24) is 0 Å². The number of aliphatic hydroxyl groups excluding tert-OH is 3. The molecule has 0 amide bonds. The number of carbonyl (C=O) groups excluding carboxylic acids is 1. The Hall–Kier alpha value is -1.70. The van der Waals surface area contributed by atoms with Gasteiger partial charge >= 0.3 is 11.9 Å². The molecule has 0 aliphatic carbocycles. The van der Waals surface area contributed by atoms with Gasteiger partial charge in [-0.05, 0) is 13.8 Å². The van der Waals surface area contributed by atoms with Crippen molar-refractivity contribution < 1.29 is 34.8 Å². The third-order valence-electron chi connectivity index (χ3n) is 1.32. The molecule has 7 nitrogen and oxygen atoms in total. The van der Waals surface area contributed by atoms with Crippen LogP contribution in [-0.4, -0.2) is 58.8 Å². The van der Waals surface area contributed by atoms with Gasteiger partial charge in [-0.25, -0.2) is 9.59 Å². The molecule has 0 atom stereocenters. The van der Waals surface area contributed by atoms with Gasteiger partial charge in [-0.2, -0.15) is 0 Å². The number of rotatable bonds is 4. The van der Waals surface area contributed by atoms with Crippen LogP contribution in [0.2, 0.25) is 0 Å². The molecule has 7 heteroatoms. The number of esters is 1. The van der Waals surface area contributed by atoms with Gasteiger partial charge in [0.2, 0.25) is 0 Å². The lowest BCUT2D eigenvalue weighted by atomic mass is 10.4. The zero-order valence-corrected chi connectivity index (χ0v) is 11.4. The quantitative estimate of drug-likeness (QED) is 0.411. The van der Waals surface area contributed by atoms with Crippen LogP contribution < -0.4 is 0 Å². The third kappa shape index (κ3) is 22.0. The zero-order chi connectivity index (χ0) is 16.0. The number of hydrogen-bond donors (Lipinski definition) is 4. The van der Waals surface area contributed by atoms with E-state index in [-0.39, 0.29) is 24.8 Å². The minimum Gasteiger partial charge on any atom is -0.478 e. The van der Waals surface area contributed by atoms with Crippen LogP contribution in [-0.2, 0) is 14.3 Å². The number of carboxylic acid groups (broad SMARTS) is 1. The maximum Gasteiger partial charge on any atom is 0.332 e. The molecule has 0 aliphatic heterocycles. The Kier molecular flexibility index (Phi) is 17.0. The van der Waals surface area contributed by atoms with Gasteiger partial charge in [-0.15, -0.1) is 0 Å². The van der Waals surface area contributed by atoms with Crippen molar-refractivity contribution in [3.8, 4) is 0 Å². The Bertz CT molecular complexity index is 280. The van der Waals surface area contributed by atoms with Crippen molar-refractivity contribution in [3.05, 3.63) is 24.3 Å². The van der Waals surface area contributed by atoms with E-state index in [1.165, 1.54) is 14.0 Å². The van der Waals surface area contributed by atoms with Gasteiger partial charge in [0.25, 0.3) is 0 Å². The molecule has 0 fully saturated rings. The fourth-order valence-electron chi connectivity index (χ4n) is 0.232. The van der Waals surface area contributed by atoms with Crippen LogP contribution in [0.5, 0.6) is 0 Å². The van der Waals surface area contributed by atoms with E-state index in [9.17, 15) is 9.59 Å². The van der Waals surface area contributed by atoms with Crippen LogP contribution in [0.3, 0.4) is 0 Å². The van der Waals surface area contributed by atoms with Crippen molar-refractivity contribution in [2.75, 3.05) is 20.3 Å². The smallest absolute Gasteiger partial charge is 0.332 e. The monoisotopic (exact) mass is 278 g/mol. The van der Waals surface area contributed by atoms with Crippen molar-refractivity contribution in [1.29, 1.82) is 0 Å². The predicted molar refractivity (Wildman–Crippen MR) is 69.5 cm³/mol. The molecular formula is C12H22O7. The third-order valence-corrected chi connectivity index (χ3v) is 1.32. The fourth-order valence-corrected chi connectivity index (χ4v) is 0.232. The second-order valence-corrected chi connectivity index (χ2v) is 3.38. The summed E-state index contributed by atoms with van der Waals surface area (Å²) in [7, 11) is 1.33. The Labute approximate surface area is 112 Å². The molecular weight excluding hydrogens is 256 g/mol. The Balaban J connectivity index is -0.000000203. The van der Waals surface area contributed by atoms with E-state index in [1.807, 2.05) is 0 Å². The number of ether oxygens (including phenoxy) is 1. The Morgan fingerprint density at radius 2 is 1.42 bits per heavy atom. The fraction of sp³-hybridized carbons (Fsp3) is 0.500. The van der Waals surface area contributed by atoms with Crippen LogP contribution in [0.1, 0.15) is 13.8 Å². The lowest BCUT2D eigenvalue weighted by Gasteiger charge is -1.96. The van der Waals surface area contributed by atoms with Crippen LogP contribution >= 0.6 is 0 Å². The summed E-state index contributed by atoms with van der Waals surface area (Å²) in [5.74, 6) is -1.28. The average Bonchev–Trinajstić information content (AvgIpc) is 2.37. The first kappa shape index (κ1) is 22.5. The molecule has 0 saturated heterocycles. The molecule has 0 heterocycles. The number of carbonyl (C=O) groups is 2. The summed E-state index contributed by atoms with van der Waals surface area (Å²) in [6, 6.07) is 0. The van der Waals surface area contributed by atoms with Crippen molar-refractivity contribution in [2.45, 2.75) is 20.0 Å². The molecule has 0 radical (unpaired) electrons. The highest BCUT2D eigenvalue weighted by Crippen LogP contribution is 1.87. The van der Waals surface area contributed by atoms with E-state index < -0.39 is 12.1 Å². The van der Waals surface area contributed by atoms with Gasteiger partial charge in [-0.1, -0.05) is 13.2 Å². The van der Waals surface area contributed by atoms with Crippen molar-refractivity contribution in [2.24, 2.45) is 0 Å². The second-order valence-electron chi connectivity index (χ2n) is 3.38. The molecule has 0 aliphatic rings. The molecule has 0 aromatic rings. The average molecular weight is 278 g/mol.